The van der Waals surface area contributed by atoms with Crippen molar-refractivity contribution < 1.29 is 28.3 Å². The summed E-state index contributed by atoms with van der Waals surface area (Å²) in [6.45, 7) is 3.10. The minimum atomic E-state index is -1.62. The third kappa shape index (κ3) is 4.15. The molecule has 2 saturated heterocycles. The van der Waals surface area contributed by atoms with Crippen molar-refractivity contribution in [1.29, 1.82) is 0 Å². The summed E-state index contributed by atoms with van der Waals surface area (Å²) in [7, 11) is -1.62. The molecule has 1 aromatic carbocycles. The Balaban J connectivity index is 1.42. The van der Waals surface area contributed by atoms with E-state index in [4.69, 9.17) is 4.74 Å². The van der Waals surface area contributed by atoms with Crippen LogP contribution in [0, 0.1) is 10.1 Å². The van der Waals surface area contributed by atoms with Gasteiger partial charge in [-0.1, -0.05) is 6.07 Å². The van der Waals surface area contributed by atoms with Crippen LogP contribution in [-0.4, -0.2) is 54.0 Å². The first kappa shape index (κ1) is 23.1. The lowest BCUT2D eigenvalue weighted by molar-refractivity contribution is -0.384. The summed E-state index contributed by atoms with van der Waals surface area (Å²) in [6.07, 6.45) is 0.116. The predicted octanol–water partition coefficient (Wildman–Crippen LogP) is 1.50. The minimum absolute atomic E-state index is 0.0846. The van der Waals surface area contributed by atoms with Gasteiger partial charge in [-0.15, -0.1) is 11.3 Å². The van der Waals surface area contributed by atoms with E-state index in [1.807, 2.05) is 17.5 Å². The molecule has 2 aromatic rings. The molecule has 12 heteroatoms. The Bertz CT molecular complexity index is 1130. The van der Waals surface area contributed by atoms with Gasteiger partial charge in [0, 0.05) is 17.0 Å². The molecule has 2 aliphatic heterocycles. The second-order valence-electron chi connectivity index (χ2n) is 8.27. The molecule has 1 N–H and O–H groups in total. The monoisotopic (exact) mass is 491 g/mol. The smallest absolute Gasteiger partial charge is 0.330 e. The highest BCUT2D eigenvalue weighted by molar-refractivity contribution is 7.87. The van der Waals surface area contributed by atoms with E-state index in [1.165, 1.54) is 40.5 Å². The Labute approximate surface area is 195 Å². The van der Waals surface area contributed by atoms with E-state index in [0.29, 0.717) is 5.56 Å². The maximum Gasteiger partial charge on any atom is 0.330 e. The van der Waals surface area contributed by atoms with Crippen molar-refractivity contribution in [3.05, 3.63) is 62.3 Å². The average Bonchev–Trinajstić information content (AvgIpc) is 3.34. The highest BCUT2D eigenvalue weighted by Gasteiger charge is 2.68. The van der Waals surface area contributed by atoms with Gasteiger partial charge >= 0.3 is 5.97 Å². The molecule has 0 radical (unpaired) electrons. The third-order valence-corrected chi connectivity index (χ3v) is 8.81. The van der Waals surface area contributed by atoms with Gasteiger partial charge in [-0.05, 0) is 43.0 Å². The van der Waals surface area contributed by atoms with Crippen LogP contribution >= 0.6 is 11.3 Å². The molecule has 2 fully saturated rings. The first-order valence-electron chi connectivity index (χ1n) is 10.1. The number of hydrogen-bond donors (Lipinski definition) is 1. The zero-order chi connectivity index (χ0) is 23.9. The van der Waals surface area contributed by atoms with Crippen LogP contribution in [0.4, 0.5) is 5.69 Å². The van der Waals surface area contributed by atoms with Crippen molar-refractivity contribution in [1.82, 2.24) is 10.2 Å². The topological polar surface area (TPSA) is 136 Å². The van der Waals surface area contributed by atoms with Crippen molar-refractivity contribution in [3.8, 4) is 0 Å². The molecule has 4 atom stereocenters. The van der Waals surface area contributed by atoms with E-state index in [-0.39, 0.29) is 24.6 Å². The second kappa shape index (κ2) is 8.67. The summed E-state index contributed by atoms with van der Waals surface area (Å²) >= 11 is 1.42. The molecule has 2 aliphatic rings. The number of amides is 2. The standard InChI is InChI=1S/C21H21N3O7S2/c1-21(2)17(20(27)31-11-12-5-7-13(8-6-12)24(28)29)23-18(26)16(19(23)33(21)30)22-15(25)10-14-4-3-9-32-14/h3-9,16-17,19H,10-11H2,1-2H3,(H,22,25)/t16-,17+,19-,33?/m1/s1. The van der Waals surface area contributed by atoms with Crippen LogP contribution in [0.3, 0.4) is 0 Å². The lowest BCUT2D eigenvalue weighted by Gasteiger charge is -2.43. The van der Waals surface area contributed by atoms with E-state index < -0.39 is 49.8 Å². The number of hydrogen-bond acceptors (Lipinski definition) is 8. The summed E-state index contributed by atoms with van der Waals surface area (Å²) in [5, 5.41) is 14.5. The normalized spacial score (nSPS) is 25.2. The fourth-order valence-electron chi connectivity index (χ4n) is 4.02. The SMILES string of the molecule is CC1(C)[C@H](C(=O)OCc2ccc([N+](=O)[O-])cc2)N2C(=O)[C@@H](NC(=O)Cc3cccs3)[C@H]2S1=O. The van der Waals surface area contributed by atoms with Gasteiger partial charge in [0.25, 0.3) is 5.69 Å². The largest absolute Gasteiger partial charge is 0.459 e. The summed E-state index contributed by atoms with van der Waals surface area (Å²) in [5.41, 5.74) is 0.453. The lowest BCUT2D eigenvalue weighted by atomic mass is 9.96. The summed E-state index contributed by atoms with van der Waals surface area (Å²) in [5.74, 6) is -1.55. The number of benzene rings is 1. The number of carbonyl (C=O) groups excluding carboxylic acids is 3. The Hall–Kier alpha value is -3.12. The van der Waals surface area contributed by atoms with Gasteiger partial charge in [-0.25, -0.2) is 4.79 Å². The predicted molar refractivity (Wildman–Crippen MR) is 119 cm³/mol. The van der Waals surface area contributed by atoms with Crippen molar-refractivity contribution in [2.45, 2.75) is 49.1 Å². The van der Waals surface area contributed by atoms with Crippen LogP contribution in [0.25, 0.3) is 0 Å². The van der Waals surface area contributed by atoms with Crippen LogP contribution in [0.5, 0.6) is 0 Å². The van der Waals surface area contributed by atoms with Crippen molar-refractivity contribution in [2.24, 2.45) is 0 Å². The number of rotatable bonds is 7. The molecule has 4 rings (SSSR count). The number of nitrogens with zero attached hydrogens (tertiary/aromatic N) is 2. The number of nitrogens with one attached hydrogen (secondary N) is 1. The van der Waals surface area contributed by atoms with Crippen LogP contribution < -0.4 is 5.32 Å². The number of non-ortho nitro benzene ring substituents is 1. The molecular weight excluding hydrogens is 470 g/mol. The van der Waals surface area contributed by atoms with Crippen molar-refractivity contribution in [2.75, 3.05) is 0 Å². The van der Waals surface area contributed by atoms with Gasteiger partial charge in [-0.3, -0.25) is 23.9 Å². The fraction of sp³-hybridized carbons (Fsp3) is 0.381. The first-order chi connectivity index (χ1) is 15.6. The number of fused-ring (bicyclic) bond motifs is 1. The molecular formula is C21H21N3O7S2. The Morgan fingerprint density at radius 1 is 1.27 bits per heavy atom. The summed E-state index contributed by atoms with van der Waals surface area (Å²) in [4.78, 5) is 50.4. The highest BCUT2D eigenvalue weighted by Crippen LogP contribution is 2.44. The number of ether oxygens (including phenoxy) is 1. The summed E-state index contributed by atoms with van der Waals surface area (Å²) in [6, 6.07) is 7.16. The number of nitro groups is 1. The molecule has 174 valence electrons. The van der Waals surface area contributed by atoms with Crippen molar-refractivity contribution >= 4 is 45.6 Å². The van der Waals surface area contributed by atoms with Gasteiger partial charge < -0.3 is 15.0 Å². The zero-order valence-electron chi connectivity index (χ0n) is 17.8. The van der Waals surface area contributed by atoms with Gasteiger partial charge in [-0.2, -0.15) is 0 Å². The van der Waals surface area contributed by atoms with Gasteiger partial charge in [0.2, 0.25) is 11.8 Å². The van der Waals surface area contributed by atoms with Crippen LogP contribution in [-0.2, 0) is 42.9 Å². The minimum Gasteiger partial charge on any atom is -0.459 e. The van der Waals surface area contributed by atoms with E-state index in [1.54, 1.807) is 13.8 Å². The molecule has 33 heavy (non-hydrogen) atoms. The van der Waals surface area contributed by atoms with Crippen LogP contribution in [0.15, 0.2) is 41.8 Å². The van der Waals surface area contributed by atoms with E-state index in [9.17, 15) is 28.7 Å². The summed E-state index contributed by atoms with van der Waals surface area (Å²) < 4.78 is 17.4. The average molecular weight is 492 g/mol. The fourth-order valence-corrected chi connectivity index (χ4v) is 6.64. The zero-order valence-corrected chi connectivity index (χ0v) is 19.4. The van der Waals surface area contributed by atoms with E-state index >= 15 is 0 Å². The quantitative estimate of drug-likeness (QED) is 0.268. The Kier molecular flexibility index (Phi) is 6.06. The number of thiophene rings is 1. The van der Waals surface area contributed by atoms with Gasteiger partial charge in [0.15, 0.2) is 0 Å². The van der Waals surface area contributed by atoms with E-state index in [0.717, 1.165) is 4.88 Å². The number of β-lactam (4-membered cyclic amide) rings is 1. The molecule has 2 amide bonds. The molecule has 10 nitrogen and oxygen atoms in total. The molecule has 3 heterocycles. The molecule has 0 bridgehead atoms. The van der Waals surface area contributed by atoms with Crippen molar-refractivity contribution in [3.63, 3.8) is 0 Å². The maximum absolute atomic E-state index is 13.1. The Morgan fingerprint density at radius 2 is 1.97 bits per heavy atom. The van der Waals surface area contributed by atoms with Gasteiger partial charge in [0.1, 0.15) is 24.1 Å². The first-order valence-corrected chi connectivity index (χ1v) is 12.1. The molecule has 0 saturated carbocycles. The molecule has 1 aromatic heterocycles. The van der Waals surface area contributed by atoms with Gasteiger partial charge in [0.05, 0.1) is 26.9 Å². The lowest BCUT2D eigenvalue weighted by Crippen LogP contribution is -2.71. The molecule has 1 unspecified atom stereocenters. The van der Waals surface area contributed by atoms with Crippen LogP contribution in [0.2, 0.25) is 0 Å². The second-order valence-corrected chi connectivity index (χ2v) is 11.4. The number of nitro benzene ring substituents is 1. The Morgan fingerprint density at radius 3 is 2.58 bits per heavy atom. The number of esters is 1. The molecule has 0 aliphatic carbocycles. The molecule has 0 spiro atoms. The van der Waals surface area contributed by atoms with E-state index in [2.05, 4.69) is 5.32 Å². The van der Waals surface area contributed by atoms with Crippen LogP contribution in [0.1, 0.15) is 24.3 Å². The third-order valence-electron chi connectivity index (χ3n) is 5.74. The highest BCUT2D eigenvalue weighted by atomic mass is 32.2. The maximum atomic E-state index is 13.1. The number of carbonyl (C=O) groups is 3.